The fraction of sp³-hybridized carbons (Fsp3) is 0. The Bertz CT molecular complexity index is 2880. The van der Waals surface area contributed by atoms with E-state index < -0.39 is 0 Å². The summed E-state index contributed by atoms with van der Waals surface area (Å²) < 4.78 is 4.72. The van der Waals surface area contributed by atoms with Crippen molar-refractivity contribution in [3.8, 4) is 55.9 Å². The summed E-state index contributed by atoms with van der Waals surface area (Å²) in [5.74, 6) is 0. The highest BCUT2D eigenvalue weighted by Gasteiger charge is 2.21. The number of benzene rings is 8. The van der Waals surface area contributed by atoms with Crippen molar-refractivity contribution in [3.05, 3.63) is 212 Å². The standard InChI is InChI=1S/C53H35N3/c1-5-17-36(18-6-1)40-29-41(37-19-7-2-8-20-37)32-44(31-40)55-50-27-15-13-25-46(50)48-35-49-47-26-14-16-28-51(47)56(53(49)54-52(48)55)45-33-42(38-21-9-3-10-22-38)30-43(34-45)39-23-11-4-12-24-39/h1-35H. The van der Waals surface area contributed by atoms with Gasteiger partial charge in [-0.15, -0.1) is 0 Å². The van der Waals surface area contributed by atoms with Gasteiger partial charge >= 0.3 is 0 Å². The van der Waals surface area contributed by atoms with Crippen LogP contribution in [0.4, 0.5) is 0 Å². The molecule has 0 bridgehead atoms. The lowest BCUT2D eigenvalue weighted by molar-refractivity contribution is 1.11. The molecular weight excluding hydrogens is 679 g/mol. The first kappa shape index (κ1) is 32.0. The first-order valence-corrected chi connectivity index (χ1v) is 19.1. The van der Waals surface area contributed by atoms with Gasteiger partial charge in [0.2, 0.25) is 0 Å². The molecule has 0 aliphatic heterocycles. The third kappa shape index (κ3) is 5.32. The Morgan fingerprint density at radius 1 is 0.250 bits per heavy atom. The third-order valence-corrected chi connectivity index (χ3v) is 11.1. The number of pyridine rings is 1. The normalized spacial score (nSPS) is 11.6. The second-order valence-corrected chi connectivity index (χ2v) is 14.4. The zero-order valence-corrected chi connectivity index (χ0v) is 30.5. The van der Waals surface area contributed by atoms with E-state index in [0.29, 0.717) is 0 Å². The number of nitrogens with zero attached hydrogens (tertiary/aromatic N) is 3. The van der Waals surface area contributed by atoms with E-state index in [1.165, 1.54) is 33.0 Å². The van der Waals surface area contributed by atoms with Gasteiger partial charge in [-0.2, -0.15) is 0 Å². The lowest BCUT2D eigenvalue weighted by Gasteiger charge is -2.15. The Morgan fingerprint density at radius 2 is 0.554 bits per heavy atom. The van der Waals surface area contributed by atoms with Crippen LogP contribution in [0, 0.1) is 0 Å². The highest BCUT2D eigenvalue weighted by Crippen LogP contribution is 2.40. The second kappa shape index (κ2) is 13.1. The van der Waals surface area contributed by atoms with Gasteiger partial charge < -0.3 is 0 Å². The molecule has 11 rings (SSSR count). The molecule has 8 aromatic carbocycles. The van der Waals surface area contributed by atoms with Gasteiger partial charge in [0.1, 0.15) is 11.3 Å². The predicted molar refractivity (Wildman–Crippen MR) is 235 cm³/mol. The maximum atomic E-state index is 5.74. The fourth-order valence-corrected chi connectivity index (χ4v) is 8.44. The van der Waals surface area contributed by atoms with Crippen molar-refractivity contribution in [1.82, 2.24) is 14.1 Å². The smallest absolute Gasteiger partial charge is 0.148 e. The van der Waals surface area contributed by atoms with Crippen LogP contribution in [0.2, 0.25) is 0 Å². The van der Waals surface area contributed by atoms with E-state index in [9.17, 15) is 0 Å². The van der Waals surface area contributed by atoms with Crippen LogP contribution >= 0.6 is 0 Å². The molecular formula is C53H35N3. The molecule has 3 heteroatoms. The van der Waals surface area contributed by atoms with Gasteiger partial charge in [-0.1, -0.05) is 158 Å². The van der Waals surface area contributed by atoms with Crippen molar-refractivity contribution < 1.29 is 0 Å². The minimum atomic E-state index is 0.925. The van der Waals surface area contributed by atoms with Crippen molar-refractivity contribution in [2.45, 2.75) is 0 Å². The molecule has 3 heterocycles. The topological polar surface area (TPSA) is 22.8 Å². The van der Waals surface area contributed by atoms with E-state index >= 15 is 0 Å². The first-order chi connectivity index (χ1) is 27.8. The summed E-state index contributed by atoms with van der Waals surface area (Å²) in [6.07, 6.45) is 0. The molecule has 56 heavy (non-hydrogen) atoms. The molecule has 0 amide bonds. The molecule has 0 N–H and O–H groups in total. The highest BCUT2D eigenvalue weighted by atomic mass is 15.1. The lowest BCUT2D eigenvalue weighted by atomic mass is 9.98. The molecule has 0 spiro atoms. The van der Waals surface area contributed by atoms with Crippen LogP contribution in [0.15, 0.2) is 212 Å². The Balaban J connectivity index is 1.23. The maximum Gasteiger partial charge on any atom is 0.148 e. The number of rotatable bonds is 6. The molecule has 3 nitrogen and oxygen atoms in total. The van der Waals surface area contributed by atoms with Crippen LogP contribution < -0.4 is 0 Å². The zero-order valence-electron chi connectivity index (χ0n) is 30.5. The van der Waals surface area contributed by atoms with Crippen molar-refractivity contribution in [3.63, 3.8) is 0 Å². The third-order valence-electron chi connectivity index (χ3n) is 11.1. The largest absolute Gasteiger partial charge is 0.294 e. The van der Waals surface area contributed by atoms with Crippen molar-refractivity contribution in [2.24, 2.45) is 0 Å². The van der Waals surface area contributed by atoms with Crippen LogP contribution in [0.5, 0.6) is 0 Å². The highest BCUT2D eigenvalue weighted by molar-refractivity contribution is 6.16. The summed E-state index contributed by atoms with van der Waals surface area (Å²) in [7, 11) is 0. The first-order valence-electron chi connectivity index (χ1n) is 19.1. The summed E-state index contributed by atoms with van der Waals surface area (Å²) in [5, 5.41) is 4.62. The molecule has 262 valence electrons. The van der Waals surface area contributed by atoms with E-state index in [1.807, 2.05) is 0 Å². The molecule has 3 aromatic heterocycles. The van der Waals surface area contributed by atoms with E-state index in [4.69, 9.17) is 4.98 Å². The molecule has 0 unspecified atom stereocenters. The number of hydrogen-bond donors (Lipinski definition) is 0. The second-order valence-electron chi connectivity index (χ2n) is 14.4. The fourth-order valence-electron chi connectivity index (χ4n) is 8.44. The molecule has 0 radical (unpaired) electrons. The van der Waals surface area contributed by atoms with Gasteiger partial charge in [-0.3, -0.25) is 9.13 Å². The summed E-state index contributed by atoms with van der Waals surface area (Å²) in [4.78, 5) is 5.74. The van der Waals surface area contributed by atoms with E-state index in [2.05, 4.69) is 221 Å². The Hall–Kier alpha value is -7.49. The maximum absolute atomic E-state index is 5.74. The minimum Gasteiger partial charge on any atom is -0.294 e. The van der Waals surface area contributed by atoms with E-state index in [0.717, 1.165) is 66.7 Å². The van der Waals surface area contributed by atoms with E-state index in [1.54, 1.807) is 0 Å². The Kier molecular flexibility index (Phi) is 7.49. The van der Waals surface area contributed by atoms with E-state index in [-0.39, 0.29) is 0 Å². The van der Waals surface area contributed by atoms with Gasteiger partial charge in [-0.05, 0) is 99.1 Å². The Morgan fingerprint density at radius 3 is 0.893 bits per heavy atom. The van der Waals surface area contributed by atoms with Crippen LogP contribution in [-0.4, -0.2) is 14.1 Å². The number of hydrogen-bond acceptors (Lipinski definition) is 1. The van der Waals surface area contributed by atoms with Crippen LogP contribution in [0.25, 0.3) is 99.8 Å². The molecule has 0 fully saturated rings. The number of aromatic nitrogens is 3. The summed E-state index contributed by atoms with van der Waals surface area (Å²) >= 11 is 0. The van der Waals surface area contributed by atoms with Gasteiger partial charge in [0.05, 0.1) is 11.0 Å². The van der Waals surface area contributed by atoms with Crippen molar-refractivity contribution in [1.29, 1.82) is 0 Å². The van der Waals surface area contributed by atoms with Crippen molar-refractivity contribution >= 4 is 43.9 Å². The summed E-state index contributed by atoms with van der Waals surface area (Å²) in [5.41, 5.74) is 15.6. The average Bonchev–Trinajstić information content (AvgIpc) is 3.78. The molecule has 0 saturated heterocycles. The molecule has 0 atom stereocenters. The van der Waals surface area contributed by atoms with Gasteiger partial charge in [0, 0.05) is 32.9 Å². The summed E-state index contributed by atoms with van der Waals surface area (Å²) in [6.45, 7) is 0. The van der Waals surface area contributed by atoms with Crippen LogP contribution in [-0.2, 0) is 0 Å². The van der Waals surface area contributed by atoms with Crippen molar-refractivity contribution in [2.75, 3.05) is 0 Å². The molecule has 0 aliphatic rings. The van der Waals surface area contributed by atoms with Gasteiger partial charge in [-0.25, -0.2) is 4.98 Å². The zero-order chi connectivity index (χ0) is 37.0. The number of para-hydroxylation sites is 2. The van der Waals surface area contributed by atoms with Crippen LogP contribution in [0.3, 0.4) is 0 Å². The summed E-state index contributed by atoms with van der Waals surface area (Å²) in [6, 6.07) is 76.3. The molecule has 11 aromatic rings. The lowest BCUT2D eigenvalue weighted by Crippen LogP contribution is -2.00. The predicted octanol–water partition coefficient (Wildman–Crippen LogP) is 13.9. The molecule has 0 saturated carbocycles. The van der Waals surface area contributed by atoms with Gasteiger partial charge in [0.15, 0.2) is 0 Å². The minimum absolute atomic E-state index is 0.925. The molecule has 0 aliphatic carbocycles. The SMILES string of the molecule is c1ccc(-c2cc(-c3ccccc3)cc(-n3c4ccccc4c4cc5c6ccccc6n(-c6cc(-c7ccccc7)cc(-c7ccccc7)c6)c5nc43)c2)cc1. The van der Waals surface area contributed by atoms with Gasteiger partial charge in [0.25, 0.3) is 0 Å². The Labute approximate surface area is 325 Å². The average molecular weight is 714 g/mol. The quantitative estimate of drug-likeness (QED) is 0.168. The number of fused-ring (bicyclic) bond motifs is 6. The van der Waals surface area contributed by atoms with Crippen LogP contribution in [0.1, 0.15) is 0 Å². The monoisotopic (exact) mass is 713 g/mol.